The molecule has 0 spiro atoms. The summed E-state index contributed by atoms with van der Waals surface area (Å²) in [5.74, 6) is 1.70. The van der Waals surface area contributed by atoms with E-state index < -0.39 is 0 Å². The van der Waals surface area contributed by atoms with Gasteiger partial charge < -0.3 is 10.6 Å². The molecule has 3 nitrogen and oxygen atoms in total. The minimum atomic E-state index is 0.356. The quantitative estimate of drug-likeness (QED) is 0.469. The molecule has 3 N–H and O–H groups in total. The van der Waals surface area contributed by atoms with Crippen LogP contribution in [0, 0.1) is 17.2 Å². The van der Waals surface area contributed by atoms with Gasteiger partial charge in [0.15, 0.2) is 5.96 Å². The van der Waals surface area contributed by atoms with Gasteiger partial charge in [-0.2, -0.15) is 0 Å². The predicted octanol–water partition coefficient (Wildman–Crippen LogP) is 2.19. The lowest BCUT2D eigenvalue weighted by atomic mass is 10.1. The maximum absolute atomic E-state index is 7.63. The fraction of sp³-hybridized carbons (Fsp3) is 0.909. The van der Waals surface area contributed by atoms with Gasteiger partial charge >= 0.3 is 0 Å². The van der Waals surface area contributed by atoms with Crippen LogP contribution in [0.5, 0.6) is 0 Å². The van der Waals surface area contributed by atoms with Crippen molar-refractivity contribution in [3.05, 3.63) is 0 Å². The Morgan fingerprint density at radius 3 is 2.14 bits per heavy atom. The molecule has 14 heavy (non-hydrogen) atoms. The first-order valence-electron chi connectivity index (χ1n) is 5.52. The van der Waals surface area contributed by atoms with Crippen molar-refractivity contribution < 1.29 is 0 Å². The van der Waals surface area contributed by atoms with E-state index in [1.54, 1.807) is 0 Å². The highest BCUT2D eigenvalue weighted by atomic mass is 15.1. The molecule has 0 aromatic rings. The fourth-order valence-electron chi connectivity index (χ4n) is 0.931. The summed E-state index contributed by atoms with van der Waals surface area (Å²) in [6.45, 7) is 11.7. The number of guanidine groups is 1. The average molecular weight is 199 g/mol. The molecule has 0 saturated heterocycles. The number of hydrogen-bond donors (Lipinski definition) is 3. The van der Waals surface area contributed by atoms with Crippen LogP contribution in [0.4, 0.5) is 0 Å². The Hall–Kier alpha value is -0.730. The van der Waals surface area contributed by atoms with E-state index in [1.807, 2.05) is 0 Å². The lowest BCUT2D eigenvalue weighted by Crippen LogP contribution is -2.43. The second-order valence-corrected chi connectivity index (χ2v) is 4.66. The van der Waals surface area contributed by atoms with Crippen LogP contribution in [0.25, 0.3) is 0 Å². The molecule has 0 aromatic heterocycles. The van der Waals surface area contributed by atoms with Gasteiger partial charge in [-0.05, 0) is 25.2 Å². The van der Waals surface area contributed by atoms with Crippen molar-refractivity contribution in [3.63, 3.8) is 0 Å². The SMILES string of the molecule is CC(C)CCNC(=N)N[C@H](C)C(C)C. The van der Waals surface area contributed by atoms with Crippen LogP contribution < -0.4 is 10.6 Å². The molecule has 0 bridgehead atoms. The van der Waals surface area contributed by atoms with Crippen LogP contribution in [0.3, 0.4) is 0 Å². The van der Waals surface area contributed by atoms with E-state index in [2.05, 4.69) is 45.3 Å². The summed E-state index contributed by atoms with van der Waals surface area (Å²) >= 11 is 0. The second-order valence-electron chi connectivity index (χ2n) is 4.66. The average Bonchev–Trinajstić information content (AvgIpc) is 2.02. The molecule has 0 aliphatic heterocycles. The Morgan fingerprint density at radius 2 is 1.71 bits per heavy atom. The largest absolute Gasteiger partial charge is 0.357 e. The summed E-state index contributed by atoms with van der Waals surface area (Å²) in [6.07, 6.45) is 1.11. The smallest absolute Gasteiger partial charge is 0.188 e. The first-order valence-corrected chi connectivity index (χ1v) is 5.52. The van der Waals surface area contributed by atoms with E-state index in [0.29, 0.717) is 23.8 Å². The van der Waals surface area contributed by atoms with Gasteiger partial charge in [0, 0.05) is 12.6 Å². The zero-order valence-corrected chi connectivity index (χ0v) is 10.1. The third kappa shape index (κ3) is 6.75. The van der Waals surface area contributed by atoms with Crippen molar-refractivity contribution in [2.75, 3.05) is 6.54 Å². The molecule has 0 radical (unpaired) electrons. The molecular weight excluding hydrogens is 174 g/mol. The Labute approximate surface area is 88.2 Å². The molecule has 0 rings (SSSR count). The maximum atomic E-state index is 7.63. The molecule has 0 fully saturated rings. The Morgan fingerprint density at radius 1 is 1.14 bits per heavy atom. The van der Waals surface area contributed by atoms with Crippen molar-refractivity contribution in [1.82, 2.24) is 10.6 Å². The van der Waals surface area contributed by atoms with Crippen LogP contribution in [0.1, 0.15) is 41.0 Å². The molecule has 0 aromatic carbocycles. The third-order valence-electron chi connectivity index (χ3n) is 2.40. The molecule has 0 heterocycles. The highest BCUT2D eigenvalue weighted by molar-refractivity contribution is 5.76. The van der Waals surface area contributed by atoms with Crippen molar-refractivity contribution in [1.29, 1.82) is 5.41 Å². The molecule has 84 valence electrons. The highest BCUT2D eigenvalue weighted by Crippen LogP contribution is 1.99. The Balaban J connectivity index is 3.55. The molecule has 0 saturated carbocycles. The van der Waals surface area contributed by atoms with E-state index in [0.717, 1.165) is 13.0 Å². The van der Waals surface area contributed by atoms with E-state index in [-0.39, 0.29) is 0 Å². The standard InChI is InChI=1S/C11H25N3/c1-8(2)6-7-13-11(12)14-10(5)9(3)4/h8-10H,6-7H2,1-5H3,(H3,12,13,14)/t10-/m1/s1. The summed E-state index contributed by atoms with van der Waals surface area (Å²) in [5, 5.41) is 13.8. The molecule has 0 amide bonds. The summed E-state index contributed by atoms with van der Waals surface area (Å²) in [7, 11) is 0. The second kappa shape index (κ2) is 6.68. The van der Waals surface area contributed by atoms with E-state index in [4.69, 9.17) is 5.41 Å². The molecule has 1 atom stereocenters. The summed E-state index contributed by atoms with van der Waals surface area (Å²) < 4.78 is 0. The molecule has 3 heteroatoms. The molecule has 0 unspecified atom stereocenters. The fourth-order valence-corrected chi connectivity index (χ4v) is 0.931. The molecule has 0 aliphatic rings. The van der Waals surface area contributed by atoms with Crippen LogP contribution in [0.2, 0.25) is 0 Å². The first kappa shape index (κ1) is 13.3. The maximum Gasteiger partial charge on any atom is 0.188 e. The van der Waals surface area contributed by atoms with Crippen molar-refractivity contribution in [3.8, 4) is 0 Å². The van der Waals surface area contributed by atoms with E-state index >= 15 is 0 Å². The van der Waals surface area contributed by atoms with Gasteiger partial charge in [0.2, 0.25) is 0 Å². The summed E-state index contributed by atoms with van der Waals surface area (Å²) in [5.41, 5.74) is 0. The van der Waals surface area contributed by atoms with Gasteiger partial charge in [-0.3, -0.25) is 5.41 Å². The summed E-state index contributed by atoms with van der Waals surface area (Å²) in [4.78, 5) is 0. The third-order valence-corrected chi connectivity index (χ3v) is 2.40. The number of rotatable bonds is 5. The summed E-state index contributed by atoms with van der Waals surface area (Å²) in [6, 6.07) is 0.356. The Kier molecular flexibility index (Phi) is 6.34. The lowest BCUT2D eigenvalue weighted by molar-refractivity contribution is 0.477. The van der Waals surface area contributed by atoms with Crippen molar-refractivity contribution in [2.24, 2.45) is 11.8 Å². The zero-order chi connectivity index (χ0) is 11.1. The lowest BCUT2D eigenvalue weighted by Gasteiger charge is -2.20. The normalized spacial score (nSPS) is 13.1. The zero-order valence-electron chi connectivity index (χ0n) is 10.1. The van der Waals surface area contributed by atoms with Crippen LogP contribution in [-0.2, 0) is 0 Å². The Bertz CT molecular complexity index is 164. The topological polar surface area (TPSA) is 47.9 Å². The number of nitrogens with one attached hydrogen (secondary N) is 3. The monoisotopic (exact) mass is 199 g/mol. The highest BCUT2D eigenvalue weighted by Gasteiger charge is 2.07. The van der Waals surface area contributed by atoms with Crippen molar-refractivity contribution >= 4 is 5.96 Å². The van der Waals surface area contributed by atoms with E-state index in [1.165, 1.54) is 0 Å². The van der Waals surface area contributed by atoms with Gasteiger partial charge in [0.25, 0.3) is 0 Å². The van der Waals surface area contributed by atoms with Gasteiger partial charge in [-0.1, -0.05) is 27.7 Å². The molecule has 0 aliphatic carbocycles. The predicted molar refractivity (Wildman–Crippen MR) is 62.6 cm³/mol. The minimum Gasteiger partial charge on any atom is -0.357 e. The van der Waals surface area contributed by atoms with Crippen LogP contribution >= 0.6 is 0 Å². The van der Waals surface area contributed by atoms with Gasteiger partial charge in [0.1, 0.15) is 0 Å². The molecular formula is C11H25N3. The van der Waals surface area contributed by atoms with Crippen molar-refractivity contribution in [2.45, 2.75) is 47.1 Å². The van der Waals surface area contributed by atoms with Gasteiger partial charge in [-0.15, -0.1) is 0 Å². The minimum absolute atomic E-state index is 0.356. The first-order chi connectivity index (χ1) is 6.43. The van der Waals surface area contributed by atoms with Crippen LogP contribution in [-0.4, -0.2) is 18.5 Å². The number of hydrogen-bond acceptors (Lipinski definition) is 1. The van der Waals surface area contributed by atoms with Gasteiger partial charge in [-0.25, -0.2) is 0 Å². The van der Waals surface area contributed by atoms with Gasteiger partial charge in [0.05, 0.1) is 0 Å². The van der Waals surface area contributed by atoms with Crippen LogP contribution in [0.15, 0.2) is 0 Å². The van der Waals surface area contributed by atoms with E-state index in [9.17, 15) is 0 Å².